The lowest BCUT2D eigenvalue weighted by atomic mass is 10.0. The first kappa shape index (κ1) is 23.9. The van der Waals surface area contributed by atoms with Crippen LogP contribution >= 0.6 is 0 Å². The molecule has 0 amide bonds. The molecule has 8 heteroatoms. The Kier molecular flexibility index (Phi) is 5.56. The Bertz CT molecular complexity index is 1810. The van der Waals surface area contributed by atoms with Crippen molar-refractivity contribution in [2.45, 2.75) is 52.6 Å². The minimum Gasteiger partial charge on any atom is -0.478 e. The molecule has 3 heterocycles. The fraction of sp³-hybridized carbons (Fsp3) is 0.267. The molecule has 2 aromatic carbocycles. The van der Waals surface area contributed by atoms with Gasteiger partial charge in [-0.3, -0.25) is 13.9 Å². The van der Waals surface area contributed by atoms with Crippen LogP contribution in [0.25, 0.3) is 27.8 Å². The summed E-state index contributed by atoms with van der Waals surface area (Å²) in [5.41, 5.74) is 6.99. The van der Waals surface area contributed by atoms with Crippen molar-refractivity contribution in [2.24, 2.45) is 0 Å². The fourth-order valence-electron chi connectivity index (χ4n) is 5.24. The van der Waals surface area contributed by atoms with E-state index in [-0.39, 0.29) is 17.2 Å². The summed E-state index contributed by atoms with van der Waals surface area (Å²) in [5, 5.41) is 18.8. The molecule has 6 rings (SSSR count). The first-order valence-corrected chi connectivity index (χ1v) is 12.8. The number of carbonyl (C=O) groups is 1. The largest absolute Gasteiger partial charge is 0.478 e. The van der Waals surface area contributed by atoms with Gasteiger partial charge in [0.05, 0.1) is 34.6 Å². The first-order chi connectivity index (χ1) is 18.2. The maximum atomic E-state index is 13.6. The number of pyridine rings is 1. The van der Waals surface area contributed by atoms with Gasteiger partial charge in [-0.1, -0.05) is 18.2 Å². The van der Waals surface area contributed by atoms with Gasteiger partial charge in [0.15, 0.2) is 0 Å². The number of benzene rings is 2. The number of aryl methyl sites for hydroxylation is 2. The maximum Gasteiger partial charge on any atom is 0.337 e. The monoisotopic (exact) mass is 507 g/mol. The van der Waals surface area contributed by atoms with E-state index < -0.39 is 5.97 Å². The van der Waals surface area contributed by atoms with Crippen molar-refractivity contribution in [1.29, 1.82) is 0 Å². The SMILES string of the molecule is Cc1cc([C@@H](C)Nc2ccccc2C(=O)O)c2nc(-c3ccc4c(c3)c(C)nn4C3CC3)c(C)c(=O)n2c1. The summed E-state index contributed by atoms with van der Waals surface area (Å²) in [4.78, 5) is 30.4. The Morgan fingerprint density at radius 1 is 1.11 bits per heavy atom. The Hall–Kier alpha value is -4.46. The molecule has 1 aliphatic carbocycles. The van der Waals surface area contributed by atoms with Gasteiger partial charge in [0, 0.05) is 34.0 Å². The third-order valence-corrected chi connectivity index (χ3v) is 7.37. The van der Waals surface area contributed by atoms with Crippen molar-refractivity contribution in [3.05, 3.63) is 93.0 Å². The molecule has 0 aliphatic heterocycles. The molecule has 3 aromatic heterocycles. The molecular formula is C30H29N5O3. The molecular weight excluding hydrogens is 478 g/mol. The highest BCUT2D eigenvalue weighted by Crippen LogP contribution is 2.38. The van der Waals surface area contributed by atoms with Crippen molar-refractivity contribution in [1.82, 2.24) is 19.2 Å². The second kappa shape index (κ2) is 8.83. The topological polar surface area (TPSA) is 102 Å². The Labute approximate surface area is 219 Å². The quantitative estimate of drug-likeness (QED) is 0.299. The molecule has 1 aliphatic rings. The summed E-state index contributed by atoms with van der Waals surface area (Å²) in [6, 6.07) is 15.2. The van der Waals surface area contributed by atoms with E-state index in [0.717, 1.165) is 46.1 Å². The third-order valence-electron chi connectivity index (χ3n) is 7.37. The van der Waals surface area contributed by atoms with Crippen LogP contribution in [0, 0.1) is 20.8 Å². The number of rotatable bonds is 6. The van der Waals surface area contributed by atoms with Crippen LogP contribution in [0.3, 0.4) is 0 Å². The predicted octanol–water partition coefficient (Wildman–Crippen LogP) is 5.84. The van der Waals surface area contributed by atoms with E-state index in [1.165, 1.54) is 0 Å². The van der Waals surface area contributed by atoms with Gasteiger partial charge < -0.3 is 10.4 Å². The van der Waals surface area contributed by atoms with E-state index in [1.54, 1.807) is 34.9 Å². The molecule has 38 heavy (non-hydrogen) atoms. The highest BCUT2D eigenvalue weighted by Gasteiger charge is 2.27. The zero-order valence-corrected chi connectivity index (χ0v) is 21.8. The number of nitrogens with zero attached hydrogens (tertiary/aromatic N) is 4. The smallest absolute Gasteiger partial charge is 0.337 e. The summed E-state index contributed by atoms with van der Waals surface area (Å²) in [6.07, 6.45) is 4.12. The average molecular weight is 508 g/mol. The lowest BCUT2D eigenvalue weighted by Gasteiger charge is -2.20. The van der Waals surface area contributed by atoms with Crippen LogP contribution in [0.5, 0.6) is 0 Å². The molecule has 1 atom stereocenters. The number of carboxylic acid groups (broad SMARTS) is 1. The first-order valence-electron chi connectivity index (χ1n) is 12.8. The third kappa shape index (κ3) is 3.93. The minimum absolute atomic E-state index is 0.126. The molecule has 0 radical (unpaired) electrons. The predicted molar refractivity (Wildman–Crippen MR) is 148 cm³/mol. The fourth-order valence-corrected chi connectivity index (χ4v) is 5.24. The Morgan fingerprint density at radius 2 is 1.87 bits per heavy atom. The molecule has 1 fully saturated rings. The summed E-state index contributed by atoms with van der Waals surface area (Å²) in [5.74, 6) is -1.00. The normalized spacial score (nSPS) is 14.2. The van der Waals surface area contributed by atoms with E-state index in [4.69, 9.17) is 10.1 Å². The van der Waals surface area contributed by atoms with Crippen LogP contribution in [0.15, 0.2) is 59.5 Å². The highest BCUT2D eigenvalue weighted by molar-refractivity contribution is 5.94. The lowest BCUT2D eigenvalue weighted by Crippen LogP contribution is -2.22. The molecule has 5 aromatic rings. The molecule has 2 N–H and O–H groups in total. The molecule has 0 saturated heterocycles. The van der Waals surface area contributed by atoms with Crippen LogP contribution in [-0.4, -0.2) is 30.2 Å². The van der Waals surface area contributed by atoms with Gasteiger partial charge in [-0.15, -0.1) is 0 Å². The van der Waals surface area contributed by atoms with Crippen molar-refractivity contribution >= 4 is 28.2 Å². The number of nitrogens with one attached hydrogen (secondary N) is 1. The molecule has 0 unspecified atom stereocenters. The number of aromatic carboxylic acids is 1. The number of hydrogen-bond donors (Lipinski definition) is 2. The van der Waals surface area contributed by atoms with Crippen LogP contribution in [0.2, 0.25) is 0 Å². The van der Waals surface area contributed by atoms with Crippen molar-refractivity contribution < 1.29 is 9.90 Å². The van der Waals surface area contributed by atoms with Crippen LogP contribution in [0.1, 0.15) is 64.6 Å². The van der Waals surface area contributed by atoms with Crippen LogP contribution in [0.4, 0.5) is 5.69 Å². The molecule has 0 spiro atoms. The standard InChI is InChI=1S/C30H29N5O3/c1-16-13-24(18(3)31-25-8-6-5-7-22(25)30(37)38)28-32-27(17(2)29(36)34(28)15-16)20-9-12-26-23(14-20)19(4)33-35(26)21-10-11-21/h5-9,12-15,18,21,31H,10-11H2,1-4H3,(H,37,38)/t18-/m1/s1. The van der Waals surface area contributed by atoms with Gasteiger partial charge in [-0.2, -0.15) is 5.10 Å². The summed E-state index contributed by atoms with van der Waals surface area (Å²) in [6.45, 7) is 7.71. The number of carboxylic acids is 1. The van der Waals surface area contributed by atoms with Gasteiger partial charge in [0.25, 0.3) is 5.56 Å². The summed E-state index contributed by atoms with van der Waals surface area (Å²) < 4.78 is 3.72. The van der Waals surface area contributed by atoms with E-state index in [2.05, 4.69) is 22.1 Å². The molecule has 8 nitrogen and oxygen atoms in total. The van der Waals surface area contributed by atoms with Gasteiger partial charge in [0.1, 0.15) is 5.65 Å². The Morgan fingerprint density at radius 3 is 2.61 bits per heavy atom. The van der Waals surface area contributed by atoms with Gasteiger partial charge in [-0.25, -0.2) is 9.78 Å². The van der Waals surface area contributed by atoms with Crippen molar-refractivity contribution in [2.75, 3.05) is 5.32 Å². The van der Waals surface area contributed by atoms with Crippen molar-refractivity contribution in [3.63, 3.8) is 0 Å². The summed E-state index contributed by atoms with van der Waals surface area (Å²) >= 11 is 0. The van der Waals surface area contributed by atoms with E-state index >= 15 is 0 Å². The average Bonchev–Trinajstić information content (AvgIpc) is 3.69. The van der Waals surface area contributed by atoms with Gasteiger partial charge >= 0.3 is 5.97 Å². The van der Waals surface area contributed by atoms with Gasteiger partial charge in [0.2, 0.25) is 0 Å². The molecule has 0 bridgehead atoms. The number of aromatic nitrogens is 4. The number of anilines is 1. The molecule has 192 valence electrons. The zero-order chi connectivity index (χ0) is 26.7. The number of hydrogen-bond acceptors (Lipinski definition) is 5. The number of para-hydroxylation sites is 1. The summed E-state index contributed by atoms with van der Waals surface area (Å²) in [7, 11) is 0. The van der Waals surface area contributed by atoms with Gasteiger partial charge in [-0.05, 0) is 76.4 Å². The second-order valence-corrected chi connectivity index (χ2v) is 10.3. The number of fused-ring (bicyclic) bond motifs is 2. The van der Waals surface area contributed by atoms with Crippen LogP contribution in [-0.2, 0) is 0 Å². The van der Waals surface area contributed by atoms with E-state index in [0.29, 0.717) is 28.6 Å². The Balaban J connectivity index is 1.50. The minimum atomic E-state index is -1.00. The van der Waals surface area contributed by atoms with Crippen molar-refractivity contribution in [3.8, 4) is 11.3 Å². The van der Waals surface area contributed by atoms with Crippen LogP contribution < -0.4 is 10.9 Å². The molecule has 1 saturated carbocycles. The second-order valence-electron chi connectivity index (χ2n) is 10.3. The lowest BCUT2D eigenvalue weighted by molar-refractivity contribution is 0.0698. The van der Waals surface area contributed by atoms with E-state index in [9.17, 15) is 14.7 Å². The maximum absolute atomic E-state index is 13.6. The highest BCUT2D eigenvalue weighted by atomic mass is 16.4. The zero-order valence-electron chi connectivity index (χ0n) is 21.8. The van der Waals surface area contributed by atoms with E-state index in [1.807, 2.05) is 39.8 Å².